The zero-order valence-corrected chi connectivity index (χ0v) is 13.6. The second-order valence-corrected chi connectivity index (χ2v) is 7.27. The minimum Gasteiger partial charge on any atom is -0.393 e. The van der Waals surface area contributed by atoms with Gasteiger partial charge < -0.3 is 10.4 Å². The number of aliphatic hydroxyl groups excluding tert-OH is 1. The van der Waals surface area contributed by atoms with Crippen molar-refractivity contribution in [3.8, 4) is 0 Å². The molecule has 0 saturated heterocycles. The van der Waals surface area contributed by atoms with Gasteiger partial charge in [-0.05, 0) is 44.4 Å². The van der Waals surface area contributed by atoms with E-state index in [2.05, 4.69) is 24.3 Å². The first-order chi connectivity index (χ1) is 10.5. The van der Waals surface area contributed by atoms with Crippen LogP contribution in [0.2, 0.25) is 0 Å². The molecule has 22 heavy (non-hydrogen) atoms. The second-order valence-electron chi connectivity index (χ2n) is 7.27. The normalized spacial score (nSPS) is 25.5. The zero-order chi connectivity index (χ0) is 15.7. The number of carbonyl (C=O) groups is 1. The molecule has 0 aliphatic heterocycles. The highest BCUT2D eigenvalue weighted by Crippen LogP contribution is 2.41. The monoisotopic (exact) mass is 305 g/mol. The Kier molecular flexibility index (Phi) is 4.52. The van der Waals surface area contributed by atoms with Crippen LogP contribution in [-0.4, -0.2) is 32.9 Å². The number of hydrogen-bond acceptors (Lipinski definition) is 3. The summed E-state index contributed by atoms with van der Waals surface area (Å²) in [6.45, 7) is 5.21. The molecule has 2 fully saturated rings. The molecule has 0 unspecified atom stereocenters. The summed E-state index contributed by atoms with van der Waals surface area (Å²) < 4.78 is 2.03. The maximum Gasteiger partial charge on any atom is 0.254 e. The largest absolute Gasteiger partial charge is 0.393 e. The Morgan fingerprint density at radius 1 is 1.32 bits per heavy atom. The molecule has 2 N–H and O–H groups in total. The van der Waals surface area contributed by atoms with E-state index in [4.69, 9.17) is 0 Å². The first-order valence-corrected chi connectivity index (χ1v) is 8.59. The van der Waals surface area contributed by atoms with E-state index in [-0.39, 0.29) is 18.1 Å². The van der Waals surface area contributed by atoms with Gasteiger partial charge in [-0.25, -0.2) is 0 Å². The lowest BCUT2D eigenvalue weighted by Crippen LogP contribution is -2.38. The number of aliphatic hydroxyl groups is 1. The lowest BCUT2D eigenvalue weighted by molar-refractivity contribution is 0.0866. The van der Waals surface area contributed by atoms with E-state index in [1.54, 1.807) is 6.20 Å². The molecule has 5 heteroatoms. The Labute approximate surface area is 132 Å². The highest BCUT2D eigenvalue weighted by molar-refractivity contribution is 5.95. The number of aromatic nitrogens is 2. The summed E-state index contributed by atoms with van der Waals surface area (Å²) in [5, 5.41) is 17.2. The Bertz CT molecular complexity index is 526. The highest BCUT2D eigenvalue weighted by Gasteiger charge is 2.33. The third-order valence-electron chi connectivity index (χ3n) is 4.66. The lowest BCUT2D eigenvalue weighted by atomic mass is 9.93. The van der Waals surface area contributed by atoms with Crippen LogP contribution in [0.25, 0.3) is 0 Å². The molecule has 1 amide bonds. The van der Waals surface area contributed by atoms with Gasteiger partial charge in [-0.2, -0.15) is 5.10 Å². The molecule has 1 aromatic rings. The van der Waals surface area contributed by atoms with Gasteiger partial charge >= 0.3 is 0 Å². The van der Waals surface area contributed by atoms with Crippen LogP contribution in [-0.2, 0) is 6.54 Å². The van der Waals surface area contributed by atoms with Gasteiger partial charge in [0.15, 0.2) is 0 Å². The Morgan fingerprint density at radius 3 is 2.59 bits per heavy atom. The van der Waals surface area contributed by atoms with Crippen LogP contribution < -0.4 is 5.32 Å². The lowest BCUT2D eigenvalue weighted by Gasteiger charge is -2.26. The molecule has 0 atom stereocenters. The van der Waals surface area contributed by atoms with Crippen molar-refractivity contribution in [2.45, 2.75) is 77.0 Å². The molecule has 5 nitrogen and oxygen atoms in total. The van der Waals surface area contributed by atoms with E-state index in [1.165, 1.54) is 12.8 Å². The van der Waals surface area contributed by atoms with Gasteiger partial charge in [0, 0.05) is 18.5 Å². The fraction of sp³-hybridized carbons (Fsp3) is 0.765. The minimum atomic E-state index is -0.191. The second kappa shape index (κ2) is 6.41. The van der Waals surface area contributed by atoms with Gasteiger partial charge in [0.1, 0.15) is 0 Å². The summed E-state index contributed by atoms with van der Waals surface area (Å²) in [4.78, 5) is 12.6. The molecule has 1 heterocycles. The number of nitrogens with one attached hydrogen (secondary N) is 1. The molecule has 0 radical (unpaired) electrons. The van der Waals surface area contributed by atoms with E-state index in [9.17, 15) is 9.90 Å². The number of nitrogens with zero attached hydrogens (tertiary/aromatic N) is 2. The van der Waals surface area contributed by atoms with Crippen molar-refractivity contribution < 1.29 is 9.90 Å². The number of hydrogen-bond donors (Lipinski definition) is 2. The van der Waals surface area contributed by atoms with Crippen LogP contribution in [0.5, 0.6) is 0 Å². The first kappa shape index (κ1) is 15.5. The maximum absolute atomic E-state index is 12.6. The van der Waals surface area contributed by atoms with Gasteiger partial charge in [0.25, 0.3) is 5.91 Å². The van der Waals surface area contributed by atoms with Gasteiger partial charge in [-0.3, -0.25) is 9.48 Å². The smallest absolute Gasteiger partial charge is 0.254 e. The zero-order valence-electron chi connectivity index (χ0n) is 13.6. The van der Waals surface area contributed by atoms with E-state index < -0.39 is 0 Å². The SMILES string of the molecule is CC(C)Cn1ncc(C(=O)NC2CCC(O)CC2)c1C1CC1. The van der Waals surface area contributed by atoms with Crippen LogP contribution >= 0.6 is 0 Å². The summed E-state index contributed by atoms with van der Waals surface area (Å²) in [6.07, 6.45) is 7.18. The van der Waals surface area contributed by atoms with Crippen molar-refractivity contribution in [2.75, 3.05) is 0 Å². The van der Waals surface area contributed by atoms with E-state index in [0.717, 1.165) is 43.5 Å². The fourth-order valence-electron chi connectivity index (χ4n) is 3.33. The quantitative estimate of drug-likeness (QED) is 0.878. The number of carbonyl (C=O) groups excluding carboxylic acids is 1. The Morgan fingerprint density at radius 2 is 2.00 bits per heavy atom. The number of rotatable bonds is 5. The van der Waals surface area contributed by atoms with Crippen LogP contribution in [0.3, 0.4) is 0 Å². The standard InChI is InChI=1S/C17H27N3O2/c1-11(2)10-20-16(12-3-4-12)15(9-18-20)17(22)19-13-5-7-14(21)8-6-13/h9,11-14,21H,3-8,10H2,1-2H3,(H,19,22). The molecule has 2 aliphatic rings. The predicted octanol–water partition coefficient (Wildman–Crippen LogP) is 2.45. The minimum absolute atomic E-state index is 0.0123. The van der Waals surface area contributed by atoms with Gasteiger partial charge in [0.05, 0.1) is 23.6 Å². The van der Waals surface area contributed by atoms with Crippen LogP contribution in [0.1, 0.15) is 74.3 Å². The molecule has 122 valence electrons. The van der Waals surface area contributed by atoms with Gasteiger partial charge in [-0.15, -0.1) is 0 Å². The molecule has 2 aliphatic carbocycles. The summed E-state index contributed by atoms with van der Waals surface area (Å²) in [5.74, 6) is 1.04. The Balaban J connectivity index is 1.70. The molecule has 0 spiro atoms. The van der Waals surface area contributed by atoms with Crippen molar-refractivity contribution in [2.24, 2.45) is 5.92 Å². The summed E-state index contributed by atoms with van der Waals surface area (Å²) in [7, 11) is 0. The van der Waals surface area contributed by atoms with Crippen molar-refractivity contribution in [1.82, 2.24) is 15.1 Å². The van der Waals surface area contributed by atoms with Crippen molar-refractivity contribution in [3.05, 3.63) is 17.5 Å². The van der Waals surface area contributed by atoms with E-state index >= 15 is 0 Å². The third kappa shape index (κ3) is 3.51. The molecule has 3 rings (SSSR count). The van der Waals surface area contributed by atoms with Gasteiger partial charge in [-0.1, -0.05) is 13.8 Å². The summed E-state index contributed by atoms with van der Waals surface area (Å²) in [5.41, 5.74) is 1.89. The number of amides is 1. The summed E-state index contributed by atoms with van der Waals surface area (Å²) in [6, 6.07) is 0.191. The fourth-order valence-corrected chi connectivity index (χ4v) is 3.33. The Hall–Kier alpha value is -1.36. The average molecular weight is 305 g/mol. The van der Waals surface area contributed by atoms with Crippen molar-refractivity contribution >= 4 is 5.91 Å². The highest BCUT2D eigenvalue weighted by atomic mass is 16.3. The molecule has 0 aromatic carbocycles. The van der Waals surface area contributed by atoms with Gasteiger partial charge in [0.2, 0.25) is 0 Å². The predicted molar refractivity (Wildman–Crippen MR) is 84.8 cm³/mol. The summed E-state index contributed by atoms with van der Waals surface area (Å²) >= 11 is 0. The van der Waals surface area contributed by atoms with E-state index in [0.29, 0.717) is 11.8 Å². The third-order valence-corrected chi connectivity index (χ3v) is 4.66. The topological polar surface area (TPSA) is 67.2 Å². The average Bonchev–Trinajstić information content (AvgIpc) is 3.22. The van der Waals surface area contributed by atoms with Crippen LogP contribution in [0, 0.1) is 5.92 Å². The molecule has 1 aromatic heterocycles. The first-order valence-electron chi connectivity index (χ1n) is 8.59. The van der Waals surface area contributed by atoms with Crippen molar-refractivity contribution in [1.29, 1.82) is 0 Å². The molecule has 2 saturated carbocycles. The van der Waals surface area contributed by atoms with Crippen molar-refractivity contribution in [3.63, 3.8) is 0 Å². The molecule has 0 bridgehead atoms. The molecular weight excluding hydrogens is 278 g/mol. The maximum atomic E-state index is 12.6. The van der Waals surface area contributed by atoms with Crippen LogP contribution in [0.4, 0.5) is 0 Å². The van der Waals surface area contributed by atoms with E-state index in [1.807, 2.05) is 4.68 Å². The molecular formula is C17H27N3O2. The van der Waals surface area contributed by atoms with Crippen LogP contribution in [0.15, 0.2) is 6.20 Å².